The van der Waals surface area contributed by atoms with E-state index in [1.807, 2.05) is 6.07 Å². The van der Waals surface area contributed by atoms with Crippen molar-refractivity contribution in [1.82, 2.24) is 4.90 Å². The first-order valence-electron chi connectivity index (χ1n) is 8.85. The molecule has 1 aliphatic carbocycles. The standard InChI is InChI=1S/C21H24BrNO/c1-4-23-11-17-13(3)12(2)5-7-15(17)21-16-10-20(24)18(22)9-14(16)6-8-19(21)23/h5,7,9-10,19,21,24H,4,6,8,11H2,1-3H3/t19-,21-/m0/s1. The number of phenols is 1. The predicted molar refractivity (Wildman–Crippen MR) is 102 cm³/mol. The number of hydrogen-bond acceptors (Lipinski definition) is 2. The van der Waals surface area contributed by atoms with Gasteiger partial charge in [-0.05, 0) is 94.7 Å². The minimum Gasteiger partial charge on any atom is -0.507 e. The molecule has 1 N–H and O–H groups in total. The lowest BCUT2D eigenvalue weighted by molar-refractivity contribution is 0.148. The molecular formula is C21H24BrNO. The summed E-state index contributed by atoms with van der Waals surface area (Å²) in [5, 5.41) is 10.3. The van der Waals surface area contributed by atoms with E-state index in [4.69, 9.17) is 0 Å². The van der Waals surface area contributed by atoms with E-state index in [0.29, 0.717) is 17.7 Å². The third-order valence-corrected chi connectivity index (χ3v) is 6.75. The predicted octanol–water partition coefficient (Wildman–Crippen LogP) is 5.05. The number of nitrogens with zero attached hydrogens (tertiary/aromatic N) is 1. The third kappa shape index (κ3) is 2.33. The second-order valence-corrected chi connectivity index (χ2v) is 8.08. The fourth-order valence-electron chi connectivity index (χ4n) is 4.63. The summed E-state index contributed by atoms with van der Waals surface area (Å²) in [6.07, 6.45) is 2.28. The zero-order valence-electron chi connectivity index (χ0n) is 14.6. The largest absolute Gasteiger partial charge is 0.507 e. The van der Waals surface area contributed by atoms with Gasteiger partial charge in [0.25, 0.3) is 0 Å². The Kier molecular flexibility index (Phi) is 3.97. The second kappa shape index (κ2) is 5.89. The second-order valence-electron chi connectivity index (χ2n) is 7.22. The van der Waals surface area contributed by atoms with Crippen LogP contribution in [0.15, 0.2) is 28.7 Å². The van der Waals surface area contributed by atoms with Crippen molar-refractivity contribution in [3.63, 3.8) is 0 Å². The van der Waals surface area contributed by atoms with Gasteiger partial charge >= 0.3 is 0 Å². The smallest absolute Gasteiger partial charge is 0.130 e. The highest BCUT2D eigenvalue weighted by Gasteiger charge is 2.39. The van der Waals surface area contributed by atoms with Crippen LogP contribution >= 0.6 is 15.9 Å². The Labute approximate surface area is 152 Å². The monoisotopic (exact) mass is 385 g/mol. The molecule has 0 spiro atoms. The van der Waals surface area contributed by atoms with Crippen LogP contribution in [0.2, 0.25) is 0 Å². The number of fused-ring (bicyclic) bond motifs is 5. The van der Waals surface area contributed by atoms with Crippen LogP contribution in [0.1, 0.15) is 52.6 Å². The molecule has 0 amide bonds. The molecule has 0 saturated heterocycles. The van der Waals surface area contributed by atoms with Crippen LogP contribution in [-0.4, -0.2) is 22.6 Å². The quantitative estimate of drug-likeness (QED) is 0.741. The van der Waals surface area contributed by atoms with E-state index in [1.54, 1.807) is 0 Å². The maximum Gasteiger partial charge on any atom is 0.130 e. The molecule has 2 atom stereocenters. The molecule has 4 rings (SSSR count). The Morgan fingerprint density at radius 2 is 2.00 bits per heavy atom. The van der Waals surface area contributed by atoms with Gasteiger partial charge in [0.15, 0.2) is 0 Å². The zero-order valence-corrected chi connectivity index (χ0v) is 16.2. The molecule has 1 aliphatic heterocycles. The highest BCUT2D eigenvalue weighted by molar-refractivity contribution is 9.10. The Balaban J connectivity index is 1.95. The van der Waals surface area contributed by atoms with Gasteiger partial charge in [-0.3, -0.25) is 4.90 Å². The van der Waals surface area contributed by atoms with Crippen molar-refractivity contribution in [2.45, 2.75) is 52.1 Å². The minimum atomic E-state index is 0.355. The first-order chi connectivity index (χ1) is 11.5. The van der Waals surface area contributed by atoms with Crippen LogP contribution in [0.25, 0.3) is 0 Å². The van der Waals surface area contributed by atoms with Crippen LogP contribution in [-0.2, 0) is 13.0 Å². The van der Waals surface area contributed by atoms with Gasteiger partial charge in [-0.1, -0.05) is 19.1 Å². The SMILES string of the molecule is CCN1Cc2c(ccc(C)c2C)[C@H]2c3cc(O)c(Br)cc3CC[C@@H]21. The Bertz CT molecular complexity index is 814. The lowest BCUT2D eigenvalue weighted by atomic mass is 9.70. The number of aryl methyl sites for hydroxylation is 2. The number of benzene rings is 2. The van der Waals surface area contributed by atoms with Crippen LogP contribution in [0.3, 0.4) is 0 Å². The molecule has 1 heterocycles. The van der Waals surface area contributed by atoms with Crippen molar-refractivity contribution < 1.29 is 5.11 Å². The fourth-order valence-corrected chi connectivity index (χ4v) is 5.02. The Hall–Kier alpha value is -1.32. The first-order valence-corrected chi connectivity index (χ1v) is 9.64. The summed E-state index contributed by atoms with van der Waals surface area (Å²) in [4.78, 5) is 2.63. The van der Waals surface area contributed by atoms with E-state index in [1.165, 1.54) is 39.8 Å². The lowest BCUT2D eigenvalue weighted by Gasteiger charge is -2.46. The van der Waals surface area contributed by atoms with Crippen LogP contribution in [0.4, 0.5) is 0 Å². The first kappa shape index (κ1) is 16.2. The number of likely N-dealkylation sites (N-methyl/N-ethyl adjacent to an activating group) is 1. The summed E-state index contributed by atoms with van der Waals surface area (Å²) in [5.74, 6) is 0.726. The molecule has 2 aromatic carbocycles. The van der Waals surface area contributed by atoms with Gasteiger partial charge in [0, 0.05) is 18.5 Å². The summed E-state index contributed by atoms with van der Waals surface area (Å²) in [6.45, 7) is 8.85. The summed E-state index contributed by atoms with van der Waals surface area (Å²) in [5.41, 5.74) is 8.46. The van der Waals surface area contributed by atoms with Crippen LogP contribution in [0.5, 0.6) is 5.75 Å². The summed E-state index contributed by atoms with van der Waals surface area (Å²) < 4.78 is 0.808. The van der Waals surface area contributed by atoms with Gasteiger partial charge in [0.2, 0.25) is 0 Å². The summed E-state index contributed by atoms with van der Waals surface area (Å²) >= 11 is 3.48. The summed E-state index contributed by atoms with van der Waals surface area (Å²) in [6, 6.07) is 9.25. The molecule has 2 nitrogen and oxygen atoms in total. The topological polar surface area (TPSA) is 23.5 Å². The molecular weight excluding hydrogens is 362 g/mol. The number of hydrogen-bond donors (Lipinski definition) is 1. The number of halogens is 1. The maximum absolute atomic E-state index is 10.3. The van der Waals surface area contributed by atoms with Gasteiger partial charge in [0.05, 0.1) is 4.47 Å². The van der Waals surface area contributed by atoms with E-state index in [-0.39, 0.29) is 0 Å². The van der Waals surface area contributed by atoms with Gasteiger partial charge < -0.3 is 5.11 Å². The van der Waals surface area contributed by atoms with Crippen molar-refractivity contribution in [3.05, 3.63) is 62.1 Å². The van der Waals surface area contributed by atoms with Gasteiger partial charge in [-0.2, -0.15) is 0 Å². The van der Waals surface area contributed by atoms with E-state index < -0.39 is 0 Å². The van der Waals surface area contributed by atoms with E-state index in [2.05, 4.69) is 59.8 Å². The molecule has 0 unspecified atom stereocenters. The maximum atomic E-state index is 10.3. The van der Waals surface area contributed by atoms with Gasteiger partial charge in [0.1, 0.15) is 5.75 Å². The van der Waals surface area contributed by atoms with Crippen molar-refractivity contribution in [2.24, 2.45) is 0 Å². The third-order valence-electron chi connectivity index (χ3n) is 6.11. The zero-order chi connectivity index (χ0) is 17.0. The lowest BCUT2D eigenvalue weighted by Crippen LogP contribution is -2.46. The highest BCUT2D eigenvalue weighted by atomic mass is 79.9. The van der Waals surface area contributed by atoms with Crippen LogP contribution < -0.4 is 0 Å². The van der Waals surface area contributed by atoms with Gasteiger partial charge in [-0.25, -0.2) is 0 Å². The van der Waals surface area contributed by atoms with Crippen molar-refractivity contribution in [1.29, 1.82) is 0 Å². The molecule has 24 heavy (non-hydrogen) atoms. The van der Waals surface area contributed by atoms with Crippen molar-refractivity contribution >= 4 is 15.9 Å². The highest BCUT2D eigenvalue weighted by Crippen LogP contribution is 2.47. The molecule has 0 radical (unpaired) electrons. The number of rotatable bonds is 1. The van der Waals surface area contributed by atoms with E-state index in [9.17, 15) is 5.11 Å². The Morgan fingerprint density at radius 3 is 2.75 bits per heavy atom. The van der Waals surface area contributed by atoms with Crippen molar-refractivity contribution in [2.75, 3.05) is 6.54 Å². The molecule has 0 fully saturated rings. The molecule has 0 saturated carbocycles. The number of aromatic hydroxyl groups is 1. The van der Waals surface area contributed by atoms with Crippen LogP contribution in [0, 0.1) is 13.8 Å². The molecule has 0 aromatic heterocycles. The molecule has 3 heteroatoms. The molecule has 2 aliphatic rings. The molecule has 126 valence electrons. The number of phenolic OH excluding ortho intramolecular Hbond substituents is 1. The minimum absolute atomic E-state index is 0.355. The normalized spacial score (nSPS) is 22.7. The average Bonchev–Trinajstić information content (AvgIpc) is 2.58. The van der Waals surface area contributed by atoms with Crippen molar-refractivity contribution in [3.8, 4) is 5.75 Å². The van der Waals surface area contributed by atoms with E-state index in [0.717, 1.165) is 24.0 Å². The Morgan fingerprint density at radius 1 is 1.21 bits per heavy atom. The fraction of sp³-hybridized carbons (Fsp3) is 0.429. The molecule has 2 aromatic rings. The van der Waals surface area contributed by atoms with E-state index >= 15 is 0 Å². The van der Waals surface area contributed by atoms with Gasteiger partial charge in [-0.15, -0.1) is 0 Å². The molecule has 0 bridgehead atoms. The average molecular weight is 386 g/mol. The summed E-state index contributed by atoms with van der Waals surface area (Å²) in [7, 11) is 0.